The van der Waals surface area contributed by atoms with Crippen molar-refractivity contribution in [2.75, 3.05) is 13.1 Å². The summed E-state index contributed by atoms with van der Waals surface area (Å²) in [6.45, 7) is 5.39. The molecule has 0 saturated carbocycles. The van der Waals surface area contributed by atoms with Crippen LogP contribution in [0.25, 0.3) is 11.0 Å². The number of hydrogen-bond acceptors (Lipinski definition) is 7. The molecule has 1 aromatic carbocycles. The molecule has 2 aromatic heterocycles. The minimum Gasteiger partial charge on any atom is -0.453 e. The number of rotatable bonds is 6. The molecule has 0 amide bonds. The van der Waals surface area contributed by atoms with Crippen molar-refractivity contribution < 1.29 is 17.9 Å². The number of carbonyl (C=O) groups excluding carboxylic acids is 1. The number of imidazole rings is 1. The summed E-state index contributed by atoms with van der Waals surface area (Å²) in [6.07, 6.45) is 5.70. The highest BCUT2D eigenvalue weighted by Gasteiger charge is 2.26. The molecule has 9 nitrogen and oxygen atoms in total. The van der Waals surface area contributed by atoms with Crippen LogP contribution in [0.3, 0.4) is 0 Å². The van der Waals surface area contributed by atoms with Gasteiger partial charge in [-0.25, -0.2) is 23.2 Å². The standard InChI is InChI=1S/C21H25N5O4S/c1-3-26-19-8-7-16(31(28,29)25-9-5-4-6-10-25)11-17(19)24-20(26)14-30-21(27)18-13-22-15(2)12-23-18/h7-8,11-13H,3-6,9-10,14H2,1-2H3. The Morgan fingerprint density at radius 2 is 1.90 bits per heavy atom. The Labute approximate surface area is 181 Å². The Hall–Kier alpha value is -2.85. The summed E-state index contributed by atoms with van der Waals surface area (Å²) >= 11 is 0. The summed E-state index contributed by atoms with van der Waals surface area (Å²) in [5, 5.41) is 0. The predicted octanol–water partition coefficient (Wildman–Crippen LogP) is 2.69. The van der Waals surface area contributed by atoms with Crippen LogP contribution in [-0.2, 0) is 27.9 Å². The van der Waals surface area contributed by atoms with E-state index in [0.29, 0.717) is 36.7 Å². The molecule has 4 rings (SSSR count). The van der Waals surface area contributed by atoms with Crippen LogP contribution < -0.4 is 0 Å². The maximum Gasteiger partial charge on any atom is 0.358 e. The number of hydrogen-bond donors (Lipinski definition) is 0. The average molecular weight is 444 g/mol. The third-order valence-corrected chi connectivity index (χ3v) is 7.28. The van der Waals surface area contributed by atoms with Gasteiger partial charge in [0.25, 0.3) is 0 Å². The molecule has 10 heteroatoms. The van der Waals surface area contributed by atoms with Crippen LogP contribution in [0.4, 0.5) is 0 Å². The summed E-state index contributed by atoms with van der Waals surface area (Å²) in [4.78, 5) is 25.1. The quantitative estimate of drug-likeness (QED) is 0.539. The lowest BCUT2D eigenvalue weighted by molar-refractivity contribution is 0.0451. The van der Waals surface area contributed by atoms with Gasteiger partial charge in [0.2, 0.25) is 10.0 Å². The number of aromatic nitrogens is 4. The second-order valence-corrected chi connectivity index (χ2v) is 9.44. The van der Waals surface area contributed by atoms with E-state index in [4.69, 9.17) is 4.74 Å². The van der Waals surface area contributed by atoms with Gasteiger partial charge in [0.05, 0.1) is 27.8 Å². The first kappa shape index (κ1) is 21.4. The summed E-state index contributed by atoms with van der Waals surface area (Å²) in [6, 6.07) is 4.99. The molecule has 0 atom stereocenters. The number of nitrogens with zero attached hydrogens (tertiary/aromatic N) is 5. The van der Waals surface area contributed by atoms with Crippen LogP contribution >= 0.6 is 0 Å². The lowest BCUT2D eigenvalue weighted by atomic mass is 10.2. The highest BCUT2D eigenvalue weighted by atomic mass is 32.2. The summed E-state index contributed by atoms with van der Waals surface area (Å²) < 4.78 is 34.8. The number of aryl methyl sites for hydroxylation is 2. The molecular formula is C21H25N5O4S. The molecule has 0 bridgehead atoms. The molecular weight excluding hydrogens is 418 g/mol. The summed E-state index contributed by atoms with van der Waals surface area (Å²) in [5.41, 5.74) is 2.18. The normalized spacial score (nSPS) is 15.3. The van der Waals surface area contributed by atoms with Crippen molar-refractivity contribution in [2.24, 2.45) is 0 Å². The van der Waals surface area contributed by atoms with Crippen molar-refractivity contribution in [3.8, 4) is 0 Å². The fourth-order valence-corrected chi connectivity index (χ4v) is 5.28. The number of carbonyl (C=O) groups is 1. The SMILES string of the molecule is CCn1c(COC(=O)c2cnc(C)cn2)nc2cc(S(=O)(=O)N3CCCCC3)ccc21. The zero-order valence-corrected chi connectivity index (χ0v) is 18.4. The molecule has 0 aliphatic carbocycles. The Bertz CT molecular complexity index is 1200. The first-order chi connectivity index (χ1) is 14.9. The third-order valence-electron chi connectivity index (χ3n) is 5.39. The van der Waals surface area contributed by atoms with E-state index in [9.17, 15) is 13.2 Å². The summed E-state index contributed by atoms with van der Waals surface area (Å²) in [7, 11) is -3.55. The smallest absolute Gasteiger partial charge is 0.358 e. The number of benzene rings is 1. The predicted molar refractivity (Wildman–Crippen MR) is 114 cm³/mol. The van der Waals surface area contributed by atoms with Gasteiger partial charge >= 0.3 is 5.97 Å². The van der Waals surface area contributed by atoms with Gasteiger partial charge in [0.15, 0.2) is 5.69 Å². The zero-order chi connectivity index (χ0) is 22.0. The van der Waals surface area contributed by atoms with Crippen molar-refractivity contribution in [1.29, 1.82) is 0 Å². The molecule has 0 spiro atoms. The van der Waals surface area contributed by atoms with Crippen LogP contribution in [0.1, 0.15) is 48.2 Å². The minimum absolute atomic E-state index is 0.0505. The van der Waals surface area contributed by atoms with E-state index in [1.54, 1.807) is 29.4 Å². The van der Waals surface area contributed by atoms with Gasteiger partial charge in [-0.3, -0.25) is 4.98 Å². The van der Waals surface area contributed by atoms with Crippen LogP contribution in [0.2, 0.25) is 0 Å². The minimum atomic E-state index is -3.55. The van der Waals surface area contributed by atoms with Gasteiger partial charge in [-0.05, 0) is 44.9 Å². The Morgan fingerprint density at radius 3 is 2.58 bits per heavy atom. The van der Waals surface area contributed by atoms with Gasteiger partial charge in [0.1, 0.15) is 12.4 Å². The molecule has 1 aliphatic rings. The molecule has 1 fully saturated rings. The molecule has 3 heterocycles. The molecule has 0 radical (unpaired) electrons. The maximum absolute atomic E-state index is 13.0. The van der Waals surface area contributed by atoms with E-state index in [0.717, 1.165) is 24.8 Å². The second kappa shape index (κ2) is 8.72. The van der Waals surface area contributed by atoms with Crippen molar-refractivity contribution >= 4 is 27.0 Å². The van der Waals surface area contributed by atoms with E-state index in [1.165, 1.54) is 12.4 Å². The lowest BCUT2D eigenvalue weighted by Crippen LogP contribution is -2.35. The monoisotopic (exact) mass is 443 g/mol. The number of esters is 1. The fraction of sp³-hybridized carbons (Fsp3) is 0.429. The van der Waals surface area contributed by atoms with E-state index in [2.05, 4.69) is 15.0 Å². The van der Waals surface area contributed by atoms with Crippen molar-refractivity contribution in [2.45, 2.75) is 51.2 Å². The average Bonchev–Trinajstić information content (AvgIpc) is 3.15. The number of ether oxygens (including phenoxy) is 1. The Morgan fingerprint density at radius 1 is 1.13 bits per heavy atom. The van der Waals surface area contributed by atoms with Crippen molar-refractivity contribution in [1.82, 2.24) is 23.8 Å². The van der Waals surface area contributed by atoms with Crippen LogP contribution in [-0.4, -0.2) is 51.3 Å². The lowest BCUT2D eigenvalue weighted by Gasteiger charge is -2.25. The van der Waals surface area contributed by atoms with E-state index in [1.807, 2.05) is 11.5 Å². The van der Waals surface area contributed by atoms with E-state index in [-0.39, 0.29) is 17.2 Å². The largest absolute Gasteiger partial charge is 0.453 e. The third kappa shape index (κ3) is 4.31. The maximum atomic E-state index is 13.0. The molecule has 31 heavy (non-hydrogen) atoms. The topological polar surface area (TPSA) is 107 Å². The highest BCUT2D eigenvalue weighted by molar-refractivity contribution is 7.89. The molecule has 1 saturated heterocycles. The van der Waals surface area contributed by atoms with Gasteiger partial charge in [-0.2, -0.15) is 4.31 Å². The fourth-order valence-electron chi connectivity index (χ4n) is 3.74. The zero-order valence-electron chi connectivity index (χ0n) is 17.6. The van der Waals surface area contributed by atoms with Crippen LogP contribution in [0.15, 0.2) is 35.5 Å². The van der Waals surface area contributed by atoms with Gasteiger partial charge < -0.3 is 9.30 Å². The number of sulfonamides is 1. The van der Waals surface area contributed by atoms with Crippen LogP contribution in [0.5, 0.6) is 0 Å². The van der Waals surface area contributed by atoms with E-state index >= 15 is 0 Å². The first-order valence-corrected chi connectivity index (χ1v) is 11.8. The first-order valence-electron chi connectivity index (χ1n) is 10.3. The van der Waals surface area contributed by atoms with E-state index < -0.39 is 16.0 Å². The number of piperidine rings is 1. The highest BCUT2D eigenvalue weighted by Crippen LogP contribution is 2.25. The van der Waals surface area contributed by atoms with Gasteiger partial charge in [-0.1, -0.05) is 6.42 Å². The molecule has 3 aromatic rings. The summed E-state index contributed by atoms with van der Waals surface area (Å²) in [5.74, 6) is -0.0472. The molecule has 1 aliphatic heterocycles. The molecule has 0 N–H and O–H groups in total. The van der Waals surface area contributed by atoms with Gasteiger partial charge in [0, 0.05) is 25.8 Å². The molecule has 0 unspecified atom stereocenters. The van der Waals surface area contributed by atoms with Crippen molar-refractivity contribution in [3.63, 3.8) is 0 Å². The van der Waals surface area contributed by atoms with Gasteiger partial charge in [-0.15, -0.1) is 0 Å². The number of fused-ring (bicyclic) bond motifs is 1. The second-order valence-electron chi connectivity index (χ2n) is 7.51. The molecule has 164 valence electrons. The van der Waals surface area contributed by atoms with Crippen molar-refractivity contribution in [3.05, 3.63) is 47.8 Å². The Balaban J connectivity index is 1.58. The Kier molecular flexibility index (Phi) is 6.01. The van der Waals surface area contributed by atoms with Crippen LogP contribution in [0, 0.1) is 6.92 Å².